The van der Waals surface area contributed by atoms with Crippen molar-refractivity contribution in [3.63, 3.8) is 0 Å². The van der Waals surface area contributed by atoms with Gasteiger partial charge >= 0.3 is 0 Å². The highest BCUT2D eigenvalue weighted by Crippen LogP contribution is 2.15. The first-order valence-corrected chi connectivity index (χ1v) is 9.96. The van der Waals surface area contributed by atoms with E-state index in [-0.39, 0.29) is 0 Å². The lowest BCUT2D eigenvalue weighted by Gasteiger charge is -2.34. The predicted octanol–water partition coefficient (Wildman–Crippen LogP) is 3.77. The van der Waals surface area contributed by atoms with Gasteiger partial charge in [0.05, 0.1) is 0 Å². The molecule has 2 aromatic rings. The smallest absolute Gasteiger partial charge is 0.224 e. The van der Waals surface area contributed by atoms with Gasteiger partial charge in [0, 0.05) is 45.5 Å². The van der Waals surface area contributed by atoms with Crippen LogP contribution in [-0.2, 0) is 0 Å². The largest absolute Gasteiger partial charge is 0.354 e. The molecule has 1 fully saturated rings. The Hall–Kier alpha value is -2.40. The van der Waals surface area contributed by atoms with Crippen molar-refractivity contribution in [2.75, 3.05) is 49.5 Å². The van der Waals surface area contributed by atoms with Gasteiger partial charge in [-0.25, -0.2) is 4.98 Å². The van der Waals surface area contributed by atoms with Crippen molar-refractivity contribution in [3.8, 4) is 0 Å². The van der Waals surface area contributed by atoms with Crippen LogP contribution in [0.1, 0.15) is 25.8 Å². The van der Waals surface area contributed by atoms with Crippen molar-refractivity contribution < 1.29 is 0 Å². The van der Waals surface area contributed by atoms with Gasteiger partial charge in [0.15, 0.2) is 0 Å². The van der Waals surface area contributed by atoms with E-state index in [4.69, 9.17) is 4.98 Å². The molecule has 5 heteroatoms. The van der Waals surface area contributed by atoms with E-state index in [0.717, 1.165) is 57.5 Å². The monoisotopic (exact) mass is 365 g/mol. The standard InChI is InChI=1S/C22H31N5/c1-19(2)10-12-23-22-24-13-11-21(25-22)27-17-15-26(16-18-27)14-6-9-20-7-4-3-5-8-20/h3-9,11,13,19H,10,12,14-18H2,1-2H3,(H,23,24,25)/b9-6+. The molecule has 144 valence electrons. The van der Waals surface area contributed by atoms with Crippen molar-refractivity contribution >= 4 is 17.8 Å². The van der Waals surface area contributed by atoms with Gasteiger partial charge in [-0.3, -0.25) is 4.90 Å². The molecule has 0 aliphatic carbocycles. The zero-order valence-electron chi connectivity index (χ0n) is 16.5. The van der Waals surface area contributed by atoms with E-state index in [9.17, 15) is 0 Å². The first-order valence-electron chi connectivity index (χ1n) is 9.96. The number of nitrogens with zero attached hydrogens (tertiary/aromatic N) is 4. The van der Waals surface area contributed by atoms with Crippen molar-refractivity contribution in [1.29, 1.82) is 0 Å². The third-order valence-electron chi connectivity index (χ3n) is 4.82. The molecule has 0 saturated carbocycles. The summed E-state index contributed by atoms with van der Waals surface area (Å²) < 4.78 is 0. The second kappa shape index (κ2) is 10.1. The summed E-state index contributed by atoms with van der Waals surface area (Å²) in [6, 6.07) is 12.5. The minimum absolute atomic E-state index is 0.685. The topological polar surface area (TPSA) is 44.3 Å². The van der Waals surface area contributed by atoms with Gasteiger partial charge < -0.3 is 10.2 Å². The molecule has 5 nitrogen and oxygen atoms in total. The van der Waals surface area contributed by atoms with Crippen LogP contribution in [0.3, 0.4) is 0 Å². The van der Waals surface area contributed by atoms with Crippen LogP contribution >= 0.6 is 0 Å². The number of hydrogen-bond acceptors (Lipinski definition) is 5. The summed E-state index contributed by atoms with van der Waals surface area (Å²) in [6.45, 7) is 10.5. The molecule has 2 heterocycles. The zero-order valence-corrected chi connectivity index (χ0v) is 16.5. The SMILES string of the molecule is CC(C)CCNc1nccc(N2CCN(C/C=C/c3ccccc3)CC2)n1. The second-order valence-corrected chi connectivity index (χ2v) is 7.45. The molecule has 1 aliphatic heterocycles. The van der Waals surface area contributed by atoms with Crippen LogP contribution in [0.2, 0.25) is 0 Å². The molecular weight excluding hydrogens is 334 g/mol. The Morgan fingerprint density at radius 3 is 2.59 bits per heavy atom. The lowest BCUT2D eigenvalue weighted by molar-refractivity contribution is 0.283. The maximum atomic E-state index is 4.69. The van der Waals surface area contributed by atoms with Crippen LogP contribution in [0.25, 0.3) is 6.08 Å². The number of aromatic nitrogens is 2. The molecule has 1 N–H and O–H groups in total. The van der Waals surface area contributed by atoms with Crippen LogP contribution < -0.4 is 10.2 Å². The number of hydrogen-bond donors (Lipinski definition) is 1. The molecule has 0 bridgehead atoms. The van der Waals surface area contributed by atoms with E-state index in [1.165, 1.54) is 5.56 Å². The molecule has 27 heavy (non-hydrogen) atoms. The van der Waals surface area contributed by atoms with E-state index in [1.54, 1.807) is 0 Å². The molecule has 0 atom stereocenters. The van der Waals surface area contributed by atoms with Gasteiger partial charge in [0.25, 0.3) is 0 Å². The van der Waals surface area contributed by atoms with Crippen molar-refractivity contribution in [2.24, 2.45) is 5.92 Å². The number of anilines is 2. The Labute approximate surface area is 163 Å². The van der Waals surface area contributed by atoms with E-state index >= 15 is 0 Å². The van der Waals surface area contributed by atoms with Gasteiger partial charge in [-0.2, -0.15) is 4.98 Å². The van der Waals surface area contributed by atoms with Gasteiger partial charge in [-0.1, -0.05) is 56.3 Å². The van der Waals surface area contributed by atoms with Crippen LogP contribution in [-0.4, -0.2) is 54.1 Å². The number of benzene rings is 1. The minimum Gasteiger partial charge on any atom is -0.354 e. The molecule has 1 aromatic heterocycles. The highest BCUT2D eigenvalue weighted by molar-refractivity contribution is 5.49. The highest BCUT2D eigenvalue weighted by Gasteiger charge is 2.17. The van der Waals surface area contributed by atoms with Gasteiger partial charge in [-0.05, 0) is 24.0 Å². The van der Waals surface area contributed by atoms with Crippen LogP contribution in [0.5, 0.6) is 0 Å². The molecule has 0 spiro atoms. The fourth-order valence-electron chi connectivity index (χ4n) is 3.14. The normalized spacial score (nSPS) is 15.6. The summed E-state index contributed by atoms with van der Waals surface area (Å²) in [7, 11) is 0. The van der Waals surface area contributed by atoms with E-state index in [1.807, 2.05) is 12.3 Å². The number of nitrogens with one attached hydrogen (secondary N) is 1. The Morgan fingerprint density at radius 1 is 1.07 bits per heavy atom. The summed E-state index contributed by atoms with van der Waals surface area (Å²) in [6.07, 6.45) is 7.44. The Bertz CT molecular complexity index is 706. The molecule has 0 unspecified atom stereocenters. The predicted molar refractivity (Wildman–Crippen MR) is 114 cm³/mol. The summed E-state index contributed by atoms with van der Waals surface area (Å²) in [5, 5.41) is 3.34. The first-order chi connectivity index (χ1) is 13.2. The van der Waals surface area contributed by atoms with Crippen LogP contribution in [0, 0.1) is 5.92 Å². The summed E-state index contributed by atoms with van der Waals surface area (Å²) in [5.74, 6) is 2.45. The molecule has 0 amide bonds. The Morgan fingerprint density at radius 2 is 1.85 bits per heavy atom. The molecule has 1 aliphatic rings. The second-order valence-electron chi connectivity index (χ2n) is 7.45. The summed E-state index contributed by atoms with van der Waals surface area (Å²) in [5.41, 5.74) is 1.26. The molecule has 1 saturated heterocycles. The maximum absolute atomic E-state index is 4.69. The van der Waals surface area contributed by atoms with Gasteiger partial charge in [-0.15, -0.1) is 0 Å². The average molecular weight is 366 g/mol. The Balaban J connectivity index is 1.45. The van der Waals surface area contributed by atoms with Crippen molar-refractivity contribution in [3.05, 3.63) is 54.2 Å². The number of rotatable bonds is 8. The van der Waals surface area contributed by atoms with Gasteiger partial charge in [0.2, 0.25) is 5.95 Å². The minimum atomic E-state index is 0.685. The quantitative estimate of drug-likeness (QED) is 0.771. The Kier molecular flexibility index (Phi) is 7.22. The zero-order chi connectivity index (χ0) is 18.9. The number of piperazine rings is 1. The molecular formula is C22H31N5. The first kappa shape index (κ1) is 19.4. The van der Waals surface area contributed by atoms with Gasteiger partial charge in [0.1, 0.15) is 5.82 Å². The van der Waals surface area contributed by atoms with E-state index < -0.39 is 0 Å². The lowest BCUT2D eigenvalue weighted by atomic mass is 10.1. The molecule has 3 rings (SSSR count). The van der Waals surface area contributed by atoms with E-state index in [2.05, 4.69) is 76.4 Å². The average Bonchev–Trinajstić information content (AvgIpc) is 2.69. The molecule has 0 radical (unpaired) electrons. The molecule has 1 aromatic carbocycles. The maximum Gasteiger partial charge on any atom is 0.224 e. The summed E-state index contributed by atoms with van der Waals surface area (Å²) >= 11 is 0. The van der Waals surface area contributed by atoms with Crippen LogP contribution in [0.15, 0.2) is 48.7 Å². The third kappa shape index (κ3) is 6.36. The fourth-order valence-corrected chi connectivity index (χ4v) is 3.14. The lowest BCUT2D eigenvalue weighted by Crippen LogP contribution is -2.46. The highest BCUT2D eigenvalue weighted by atomic mass is 15.3. The van der Waals surface area contributed by atoms with Crippen molar-refractivity contribution in [1.82, 2.24) is 14.9 Å². The fraction of sp³-hybridized carbons (Fsp3) is 0.455. The van der Waals surface area contributed by atoms with E-state index in [0.29, 0.717) is 5.92 Å². The summed E-state index contributed by atoms with van der Waals surface area (Å²) in [4.78, 5) is 13.9. The van der Waals surface area contributed by atoms with Crippen LogP contribution in [0.4, 0.5) is 11.8 Å². The van der Waals surface area contributed by atoms with Crippen molar-refractivity contribution in [2.45, 2.75) is 20.3 Å². The third-order valence-corrected chi connectivity index (χ3v) is 4.82.